The highest BCUT2D eigenvalue weighted by Crippen LogP contribution is 2.27. The van der Waals surface area contributed by atoms with Crippen molar-refractivity contribution in [2.24, 2.45) is 5.73 Å². The first-order valence-corrected chi connectivity index (χ1v) is 7.33. The van der Waals surface area contributed by atoms with Gasteiger partial charge in [0.1, 0.15) is 11.6 Å². The van der Waals surface area contributed by atoms with E-state index >= 15 is 0 Å². The van der Waals surface area contributed by atoms with Crippen molar-refractivity contribution in [2.75, 3.05) is 0 Å². The highest BCUT2D eigenvalue weighted by atomic mass is 19.1. The summed E-state index contributed by atoms with van der Waals surface area (Å²) in [6.45, 7) is 3.76. The topological polar surface area (TPSA) is 26.0 Å². The van der Waals surface area contributed by atoms with Gasteiger partial charge in [-0.25, -0.2) is 8.78 Å². The molecule has 0 radical (unpaired) electrons. The Morgan fingerprint density at radius 1 is 1.05 bits per heavy atom. The molecule has 0 aromatic heterocycles. The zero-order valence-electron chi connectivity index (χ0n) is 12.5. The summed E-state index contributed by atoms with van der Waals surface area (Å²) in [6.07, 6.45) is 3.28. The van der Waals surface area contributed by atoms with E-state index in [2.05, 4.69) is 6.92 Å². The third kappa shape index (κ3) is 3.48. The van der Waals surface area contributed by atoms with Gasteiger partial charge >= 0.3 is 0 Å². The lowest BCUT2D eigenvalue weighted by Gasteiger charge is -2.16. The lowest BCUT2D eigenvalue weighted by molar-refractivity contribution is 0.538. The summed E-state index contributed by atoms with van der Waals surface area (Å²) in [5.41, 5.74) is 8.34. The Hall–Kier alpha value is -1.74. The Morgan fingerprint density at radius 3 is 2.33 bits per heavy atom. The number of hydrogen-bond acceptors (Lipinski definition) is 1. The average molecular weight is 289 g/mol. The average Bonchev–Trinajstić information content (AvgIpc) is 2.49. The minimum absolute atomic E-state index is 0.0590. The number of benzene rings is 2. The van der Waals surface area contributed by atoms with Gasteiger partial charge in [-0.2, -0.15) is 0 Å². The van der Waals surface area contributed by atoms with Crippen LogP contribution in [-0.2, 0) is 6.42 Å². The summed E-state index contributed by atoms with van der Waals surface area (Å²) in [5, 5.41) is 0. The van der Waals surface area contributed by atoms with Crippen molar-refractivity contribution in [2.45, 2.75) is 39.2 Å². The van der Waals surface area contributed by atoms with Gasteiger partial charge < -0.3 is 5.73 Å². The van der Waals surface area contributed by atoms with Crippen molar-refractivity contribution in [1.82, 2.24) is 0 Å². The van der Waals surface area contributed by atoms with E-state index in [9.17, 15) is 8.78 Å². The first-order chi connectivity index (χ1) is 10.0. The Kier molecular flexibility index (Phi) is 5.07. The Labute approximate surface area is 124 Å². The van der Waals surface area contributed by atoms with E-state index in [0.29, 0.717) is 5.56 Å². The molecule has 0 aliphatic carbocycles. The molecule has 2 rings (SSSR count). The molecule has 0 fully saturated rings. The van der Waals surface area contributed by atoms with E-state index in [0.717, 1.165) is 24.8 Å². The molecule has 0 aliphatic heterocycles. The fourth-order valence-electron chi connectivity index (χ4n) is 2.40. The van der Waals surface area contributed by atoms with Crippen molar-refractivity contribution in [3.63, 3.8) is 0 Å². The number of halogens is 2. The van der Waals surface area contributed by atoms with Crippen molar-refractivity contribution in [1.29, 1.82) is 0 Å². The third-order valence-electron chi connectivity index (χ3n) is 3.79. The summed E-state index contributed by atoms with van der Waals surface area (Å²) in [5.74, 6) is -1.15. The monoisotopic (exact) mass is 289 g/mol. The summed E-state index contributed by atoms with van der Waals surface area (Å²) in [6, 6.07) is 9.59. The Balaban J connectivity index is 2.28. The smallest absolute Gasteiger partial charge is 0.134 e. The molecule has 1 nitrogen and oxygen atoms in total. The normalized spacial score (nSPS) is 12.4. The second-order valence-corrected chi connectivity index (χ2v) is 5.41. The molecule has 0 heterocycles. The van der Waals surface area contributed by atoms with E-state index in [4.69, 9.17) is 5.73 Å². The molecular weight excluding hydrogens is 268 g/mol. The van der Waals surface area contributed by atoms with Gasteiger partial charge in [0.15, 0.2) is 0 Å². The Bertz CT molecular complexity index is 605. The maximum atomic E-state index is 14.1. The molecule has 112 valence electrons. The standard InChI is InChI=1S/C18H21F2N/c1-3-4-5-13-7-9-14(10-8-13)18(21)16-15(19)11-6-12(2)17(16)20/h6-11,18H,3-5,21H2,1-2H3. The van der Waals surface area contributed by atoms with Crippen LogP contribution < -0.4 is 5.73 Å². The number of unbranched alkanes of at least 4 members (excludes halogenated alkanes) is 1. The minimum Gasteiger partial charge on any atom is -0.320 e. The lowest BCUT2D eigenvalue weighted by Crippen LogP contribution is -2.16. The highest BCUT2D eigenvalue weighted by Gasteiger charge is 2.19. The molecule has 0 spiro atoms. The molecular formula is C18H21F2N. The van der Waals surface area contributed by atoms with Gasteiger partial charge in [-0.3, -0.25) is 0 Å². The quantitative estimate of drug-likeness (QED) is 0.851. The molecule has 2 aromatic carbocycles. The van der Waals surface area contributed by atoms with Crippen LogP contribution in [-0.4, -0.2) is 0 Å². The highest BCUT2D eigenvalue weighted by molar-refractivity contribution is 5.37. The largest absolute Gasteiger partial charge is 0.320 e. The zero-order chi connectivity index (χ0) is 15.4. The van der Waals surface area contributed by atoms with Gasteiger partial charge in [0, 0.05) is 5.56 Å². The molecule has 0 saturated heterocycles. The summed E-state index contributed by atoms with van der Waals surface area (Å²) in [7, 11) is 0. The van der Waals surface area contributed by atoms with Crippen LogP contribution in [0.2, 0.25) is 0 Å². The fourth-order valence-corrected chi connectivity index (χ4v) is 2.40. The van der Waals surface area contributed by atoms with Crippen LogP contribution in [0.5, 0.6) is 0 Å². The predicted octanol–water partition coefficient (Wildman–Crippen LogP) is 4.66. The van der Waals surface area contributed by atoms with Crippen LogP contribution in [0.1, 0.15) is 48.1 Å². The van der Waals surface area contributed by atoms with E-state index in [1.807, 2.05) is 24.3 Å². The van der Waals surface area contributed by atoms with Crippen LogP contribution in [0.25, 0.3) is 0 Å². The second kappa shape index (κ2) is 6.81. The molecule has 0 saturated carbocycles. The number of hydrogen-bond donors (Lipinski definition) is 1. The van der Waals surface area contributed by atoms with Crippen LogP contribution in [0, 0.1) is 18.6 Å². The van der Waals surface area contributed by atoms with Crippen LogP contribution in [0.3, 0.4) is 0 Å². The Morgan fingerprint density at radius 2 is 1.71 bits per heavy atom. The van der Waals surface area contributed by atoms with Crippen LogP contribution >= 0.6 is 0 Å². The van der Waals surface area contributed by atoms with Crippen LogP contribution in [0.4, 0.5) is 8.78 Å². The molecule has 0 aliphatic rings. The van der Waals surface area contributed by atoms with Gasteiger partial charge in [-0.05, 0) is 42.5 Å². The van der Waals surface area contributed by atoms with E-state index in [1.54, 1.807) is 6.92 Å². The molecule has 1 unspecified atom stereocenters. The second-order valence-electron chi connectivity index (χ2n) is 5.41. The first kappa shape index (κ1) is 15.6. The SMILES string of the molecule is CCCCc1ccc(C(N)c2c(F)ccc(C)c2F)cc1. The lowest BCUT2D eigenvalue weighted by atomic mass is 9.95. The molecule has 2 N–H and O–H groups in total. The van der Waals surface area contributed by atoms with Gasteiger partial charge in [-0.1, -0.05) is 43.7 Å². The maximum Gasteiger partial charge on any atom is 0.134 e. The maximum absolute atomic E-state index is 14.1. The van der Waals surface area contributed by atoms with Gasteiger partial charge in [0.05, 0.1) is 6.04 Å². The number of nitrogens with two attached hydrogens (primary N) is 1. The molecule has 1 atom stereocenters. The molecule has 3 heteroatoms. The van der Waals surface area contributed by atoms with Gasteiger partial charge in [0.2, 0.25) is 0 Å². The van der Waals surface area contributed by atoms with Crippen LogP contribution in [0.15, 0.2) is 36.4 Å². The van der Waals surface area contributed by atoms with E-state index < -0.39 is 17.7 Å². The van der Waals surface area contributed by atoms with Gasteiger partial charge in [0.25, 0.3) is 0 Å². The van der Waals surface area contributed by atoms with Crippen molar-refractivity contribution >= 4 is 0 Å². The van der Waals surface area contributed by atoms with Gasteiger partial charge in [-0.15, -0.1) is 0 Å². The summed E-state index contributed by atoms with van der Waals surface area (Å²) < 4.78 is 28.0. The summed E-state index contributed by atoms with van der Waals surface area (Å²) >= 11 is 0. The van der Waals surface area contributed by atoms with Crippen molar-refractivity contribution in [3.05, 3.63) is 70.3 Å². The summed E-state index contributed by atoms with van der Waals surface area (Å²) in [4.78, 5) is 0. The number of aryl methyl sites for hydroxylation is 2. The van der Waals surface area contributed by atoms with E-state index in [-0.39, 0.29) is 5.56 Å². The molecule has 21 heavy (non-hydrogen) atoms. The first-order valence-electron chi connectivity index (χ1n) is 7.33. The zero-order valence-corrected chi connectivity index (χ0v) is 12.5. The molecule has 0 bridgehead atoms. The number of rotatable bonds is 5. The fraction of sp³-hybridized carbons (Fsp3) is 0.333. The third-order valence-corrected chi connectivity index (χ3v) is 3.79. The molecule has 0 amide bonds. The minimum atomic E-state index is -0.787. The van der Waals surface area contributed by atoms with E-state index in [1.165, 1.54) is 17.7 Å². The predicted molar refractivity (Wildman–Crippen MR) is 82.2 cm³/mol. The van der Waals surface area contributed by atoms with Crippen molar-refractivity contribution in [3.8, 4) is 0 Å². The van der Waals surface area contributed by atoms with Crippen molar-refractivity contribution < 1.29 is 8.78 Å². The molecule has 2 aromatic rings.